The Kier molecular flexibility index (Phi) is 5.36. The minimum Gasteiger partial charge on any atom is -0.381 e. The van der Waals surface area contributed by atoms with Crippen molar-refractivity contribution in [3.05, 3.63) is 64.8 Å². The summed E-state index contributed by atoms with van der Waals surface area (Å²) >= 11 is 0. The van der Waals surface area contributed by atoms with E-state index in [0.717, 1.165) is 41.4 Å². The number of nitrogens with zero attached hydrogens (tertiary/aromatic N) is 3. The predicted molar refractivity (Wildman–Crippen MR) is 108 cm³/mol. The molecule has 3 aromatic rings. The molecule has 9 heteroatoms. The summed E-state index contributed by atoms with van der Waals surface area (Å²) in [5, 5.41) is 15.7. The molecule has 0 atom stereocenters. The van der Waals surface area contributed by atoms with Gasteiger partial charge in [-0.25, -0.2) is 5.10 Å². The monoisotopic (exact) mass is 417 g/mol. The summed E-state index contributed by atoms with van der Waals surface area (Å²) in [7, 11) is 0. The van der Waals surface area contributed by atoms with Gasteiger partial charge in [0.05, 0.1) is 16.8 Å². The van der Waals surface area contributed by atoms with Crippen LogP contribution in [0, 0.1) is 0 Å². The highest BCUT2D eigenvalue weighted by atomic mass is 19.4. The van der Waals surface area contributed by atoms with Gasteiger partial charge in [-0.15, -0.1) is 0 Å². The second kappa shape index (κ2) is 7.97. The fourth-order valence-electron chi connectivity index (χ4n) is 4.07. The van der Waals surface area contributed by atoms with Gasteiger partial charge in [0.25, 0.3) is 5.56 Å². The lowest BCUT2D eigenvalue weighted by atomic mass is 9.82. The molecular formula is C21H22F3N5O. The maximum atomic E-state index is 12.5. The molecule has 2 heterocycles. The van der Waals surface area contributed by atoms with E-state index in [9.17, 15) is 18.0 Å². The van der Waals surface area contributed by atoms with Gasteiger partial charge in [-0.05, 0) is 37.8 Å². The number of nitrogens with one attached hydrogen (secondary N) is 2. The summed E-state index contributed by atoms with van der Waals surface area (Å²) in [6.45, 7) is 2.82. The van der Waals surface area contributed by atoms with Crippen LogP contribution >= 0.6 is 0 Å². The number of rotatable bonds is 5. The van der Waals surface area contributed by atoms with Crippen LogP contribution in [0.25, 0.3) is 16.5 Å². The van der Waals surface area contributed by atoms with Crippen molar-refractivity contribution in [2.75, 3.05) is 0 Å². The fourth-order valence-corrected chi connectivity index (χ4v) is 4.07. The topological polar surface area (TPSA) is 75.6 Å². The normalized spacial score (nSPS) is 19.7. The van der Waals surface area contributed by atoms with E-state index in [0.29, 0.717) is 16.8 Å². The minimum absolute atomic E-state index is 0.163. The van der Waals surface area contributed by atoms with E-state index in [1.807, 2.05) is 18.2 Å². The van der Waals surface area contributed by atoms with Crippen LogP contribution in [0.5, 0.6) is 0 Å². The molecule has 1 aromatic carbocycles. The van der Waals surface area contributed by atoms with Crippen molar-refractivity contribution in [1.82, 2.24) is 25.3 Å². The smallest absolute Gasteiger partial charge is 0.381 e. The third-order valence-electron chi connectivity index (χ3n) is 5.51. The SMILES string of the molecule is C=C(NC1CCC(c2n[nH]c(=O)c3ccccc23)CC1)c1ccn(CC(F)(F)F)n1. The average Bonchev–Trinajstić information content (AvgIpc) is 3.16. The maximum absolute atomic E-state index is 12.5. The van der Waals surface area contributed by atoms with Crippen LogP contribution in [0.2, 0.25) is 0 Å². The summed E-state index contributed by atoms with van der Waals surface area (Å²) < 4.78 is 38.4. The van der Waals surface area contributed by atoms with Crippen LogP contribution in [-0.4, -0.2) is 32.2 Å². The highest BCUT2D eigenvalue weighted by Gasteiger charge is 2.29. The average molecular weight is 417 g/mol. The third kappa shape index (κ3) is 4.39. The fraction of sp³-hybridized carbons (Fsp3) is 0.381. The molecule has 6 nitrogen and oxygen atoms in total. The van der Waals surface area contributed by atoms with Crippen LogP contribution < -0.4 is 10.9 Å². The minimum atomic E-state index is -4.31. The summed E-state index contributed by atoms with van der Waals surface area (Å²) in [5.41, 5.74) is 1.65. The molecule has 1 aliphatic carbocycles. The zero-order valence-corrected chi connectivity index (χ0v) is 16.2. The number of benzene rings is 1. The van der Waals surface area contributed by atoms with Gasteiger partial charge in [-0.2, -0.15) is 23.4 Å². The van der Waals surface area contributed by atoms with Crippen molar-refractivity contribution in [2.45, 2.75) is 50.4 Å². The van der Waals surface area contributed by atoms with Crippen molar-refractivity contribution in [3.8, 4) is 0 Å². The molecule has 0 unspecified atom stereocenters. The lowest BCUT2D eigenvalue weighted by Crippen LogP contribution is -2.32. The Balaban J connectivity index is 1.38. The van der Waals surface area contributed by atoms with E-state index in [-0.39, 0.29) is 17.5 Å². The first kappa shape index (κ1) is 20.2. The number of aromatic nitrogens is 4. The van der Waals surface area contributed by atoms with E-state index >= 15 is 0 Å². The Morgan fingerprint density at radius 2 is 1.87 bits per heavy atom. The molecule has 0 bridgehead atoms. The largest absolute Gasteiger partial charge is 0.408 e. The zero-order chi connectivity index (χ0) is 21.3. The third-order valence-corrected chi connectivity index (χ3v) is 5.51. The summed E-state index contributed by atoms with van der Waals surface area (Å²) in [6, 6.07) is 9.16. The lowest BCUT2D eigenvalue weighted by Gasteiger charge is -2.30. The number of alkyl halides is 3. The van der Waals surface area contributed by atoms with E-state index < -0.39 is 12.7 Å². The van der Waals surface area contributed by atoms with Crippen LogP contribution in [0.15, 0.2) is 47.9 Å². The van der Waals surface area contributed by atoms with Crippen molar-refractivity contribution in [1.29, 1.82) is 0 Å². The standard InChI is InChI=1S/C21H22F3N5O/c1-13(18-10-11-29(28-18)12-21(22,23)24)25-15-8-6-14(7-9-15)19-16-4-2-3-5-17(16)20(30)27-26-19/h2-5,10-11,14-15,25H,1,6-9,12H2,(H,27,30). The van der Waals surface area contributed by atoms with E-state index in [4.69, 9.17) is 0 Å². The molecular weight excluding hydrogens is 395 g/mol. The number of fused-ring (bicyclic) bond motifs is 1. The highest BCUT2D eigenvalue weighted by molar-refractivity contribution is 5.83. The molecule has 2 aromatic heterocycles. The van der Waals surface area contributed by atoms with Crippen molar-refractivity contribution in [3.63, 3.8) is 0 Å². The molecule has 2 N–H and O–H groups in total. The van der Waals surface area contributed by atoms with E-state index in [1.165, 1.54) is 12.3 Å². The van der Waals surface area contributed by atoms with Crippen LogP contribution in [-0.2, 0) is 6.54 Å². The van der Waals surface area contributed by atoms with Crippen molar-refractivity contribution < 1.29 is 13.2 Å². The Hall–Kier alpha value is -3.10. The van der Waals surface area contributed by atoms with Gasteiger partial charge in [-0.3, -0.25) is 9.48 Å². The first-order valence-corrected chi connectivity index (χ1v) is 9.83. The van der Waals surface area contributed by atoms with Gasteiger partial charge in [0.2, 0.25) is 0 Å². The van der Waals surface area contributed by atoms with Gasteiger partial charge < -0.3 is 5.32 Å². The van der Waals surface area contributed by atoms with E-state index in [1.54, 1.807) is 6.07 Å². The molecule has 158 valence electrons. The second-order valence-corrected chi connectivity index (χ2v) is 7.67. The first-order chi connectivity index (χ1) is 14.3. The maximum Gasteiger partial charge on any atom is 0.408 e. The van der Waals surface area contributed by atoms with Crippen LogP contribution in [0.3, 0.4) is 0 Å². The first-order valence-electron chi connectivity index (χ1n) is 9.83. The van der Waals surface area contributed by atoms with Crippen molar-refractivity contribution in [2.24, 2.45) is 0 Å². The zero-order valence-electron chi connectivity index (χ0n) is 16.2. The molecule has 1 fully saturated rings. The molecule has 30 heavy (non-hydrogen) atoms. The lowest BCUT2D eigenvalue weighted by molar-refractivity contribution is -0.142. The van der Waals surface area contributed by atoms with E-state index in [2.05, 4.69) is 27.2 Å². The number of hydrogen-bond acceptors (Lipinski definition) is 4. The number of H-pyrrole nitrogens is 1. The Morgan fingerprint density at radius 3 is 2.57 bits per heavy atom. The molecule has 0 amide bonds. The number of halogens is 3. The van der Waals surface area contributed by atoms with Gasteiger partial charge in [-0.1, -0.05) is 24.8 Å². The highest BCUT2D eigenvalue weighted by Crippen LogP contribution is 2.34. The Labute approximate surface area is 170 Å². The van der Waals surface area contributed by atoms with Gasteiger partial charge in [0, 0.05) is 23.5 Å². The molecule has 0 aliphatic heterocycles. The molecule has 1 saturated carbocycles. The quantitative estimate of drug-likeness (QED) is 0.659. The van der Waals surface area contributed by atoms with Crippen LogP contribution in [0.1, 0.15) is 43.0 Å². The summed E-state index contributed by atoms with van der Waals surface area (Å²) in [4.78, 5) is 12.0. The number of hydrogen-bond donors (Lipinski definition) is 2. The predicted octanol–water partition coefficient (Wildman–Crippen LogP) is 3.97. The van der Waals surface area contributed by atoms with Gasteiger partial charge in [0.15, 0.2) is 0 Å². The molecule has 0 saturated heterocycles. The molecule has 0 spiro atoms. The van der Waals surface area contributed by atoms with Crippen LogP contribution in [0.4, 0.5) is 13.2 Å². The van der Waals surface area contributed by atoms with Gasteiger partial charge in [0.1, 0.15) is 12.2 Å². The summed E-state index contributed by atoms with van der Waals surface area (Å²) in [5.74, 6) is 0.240. The summed E-state index contributed by atoms with van der Waals surface area (Å²) in [6.07, 6.45) is 0.493. The molecule has 1 aliphatic rings. The Bertz CT molecular complexity index is 1110. The second-order valence-electron chi connectivity index (χ2n) is 7.67. The molecule has 4 rings (SSSR count). The Morgan fingerprint density at radius 1 is 1.17 bits per heavy atom. The van der Waals surface area contributed by atoms with Gasteiger partial charge >= 0.3 is 6.18 Å². The number of aromatic amines is 1. The van der Waals surface area contributed by atoms with Crippen molar-refractivity contribution >= 4 is 16.5 Å². The molecule has 0 radical (unpaired) electrons.